The molecule has 0 bridgehead atoms. The van der Waals surface area contributed by atoms with Crippen molar-refractivity contribution in [2.45, 2.75) is 50.0 Å². The van der Waals surface area contributed by atoms with E-state index in [1.54, 1.807) is 72.8 Å². The Morgan fingerprint density at radius 3 is 1.28 bits per heavy atom. The minimum Gasteiger partial charge on any atom is -0.378 e. The molecule has 50 heavy (non-hydrogen) atoms. The maximum atomic E-state index is 13.1. The second kappa shape index (κ2) is 15.8. The molecule has 2 heterocycles. The van der Waals surface area contributed by atoms with Gasteiger partial charge >= 0.3 is 0 Å². The van der Waals surface area contributed by atoms with E-state index in [1.807, 2.05) is 48.6 Å². The molecule has 0 radical (unpaired) electrons. The van der Waals surface area contributed by atoms with Gasteiger partial charge in [-0.2, -0.15) is 0 Å². The molecule has 256 valence electrons. The Bertz CT molecular complexity index is 1690. The predicted octanol–water partition coefficient (Wildman–Crippen LogP) is 5.18. The van der Waals surface area contributed by atoms with Crippen LogP contribution in [0.2, 0.25) is 0 Å². The lowest BCUT2D eigenvalue weighted by atomic mass is 10.1. The van der Waals surface area contributed by atoms with Crippen molar-refractivity contribution in [3.8, 4) is 0 Å². The van der Waals surface area contributed by atoms with Crippen molar-refractivity contribution in [3.05, 3.63) is 131 Å². The van der Waals surface area contributed by atoms with Crippen LogP contribution in [0.25, 0.3) is 12.2 Å². The van der Waals surface area contributed by atoms with Crippen LogP contribution in [0.3, 0.4) is 0 Å². The molecule has 2 saturated heterocycles. The van der Waals surface area contributed by atoms with Crippen LogP contribution in [-0.4, -0.2) is 68.8 Å². The summed E-state index contributed by atoms with van der Waals surface area (Å²) in [4.78, 5) is 55.2. The van der Waals surface area contributed by atoms with E-state index in [0.717, 1.165) is 11.1 Å². The number of carbonyl (C=O) groups is 4. The third kappa shape index (κ3) is 7.99. The highest BCUT2D eigenvalue weighted by molar-refractivity contribution is 5.99. The molecule has 0 aromatic heterocycles. The minimum atomic E-state index is -1.31. The number of likely N-dealkylation sites (tertiary alicyclic amines) is 2. The number of hydrogen-bond acceptors (Lipinski definition) is 6. The Morgan fingerprint density at radius 1 is 0.560 bits per heavy atom. The average Bonchev–Trinajstić information content (AvgIpc) is 3.86. The van der Waals surface area contributed by atoms with Gasteiger partial charge in [-0.25, -0.2) is 0 Å². The van der Waals surface area contributed by atoms with Gasteiger partial charge in [0.25, 0.3) is 11.8 Å². The number of rotatable bonds is 10. The van der Waals surface area contributed by atoms with Gasteiger partial charge in [-0.05, 0) is 72.2 Å². The van der Waals surface area contributed by atoms with Crippen LogP contribution in [0.15, 0.2) is 109 Å². The first-order chi connectivity index (χ1) is 24.3. The number of nitrogens with one attached hydrogen (secondary N) is 2. The van der Waals surface area contributed by atoms with Gasteiger partial charge in [0.05, 0.1) is 0 Å². The summed E-state index contributed by atoms with van der Waals surface area (Å²) in [5, 5.41) is 27.0. The number of aliphatic hydroxyl groups excluding tert-OH is 2. The van der Waals surface area contributed by atoms with E-state index in [-0.39, 0.29) is 11.8 Å². The predicted molar refractivity (Wildman–Crippen MR) is 191 cm³/mol. The van der Waals surface area contributed by atoms with E-state index in [9.17, 15) is 29.4 Å². The van der Waals surface area contributed by atoms with Crippen molar-refractivity contribution in [2.75, 3.05) is 23.7 Å². The van der Waals surface area contributed by atoms with Gasteiger partial charge in [-0.3, -0.25) is 19.2 Å². The van der Waals surface area contributed by atoms with E-state index in [1.165, 1.54) is 9.80 Å². The van der Waals surface area contributed by atoms with Crippen molar-refractivity contribution in [1.82, 2.24) is 9.80 Å². The largest absolute Gasteiger partial charge is 0.378 e. The van der Waals surface area contributed by atoms with Gasteiger partial charge in [0, 0.05) is 24.5 Å². The molecule has 0 aliphatic carbocycles. The molecule has 4 atom stereocenters. The van der Waals surface area contributed by atoms with E-state index in [2.05, 4.69) is 10.6 Å². The molecule has 10 heteroatoms. The molecule has 10 nitrogen and oxygen atoms in total. The third-order valence-electron chi connectivity index (χ3n) is 9.20. The van der Waals surface area contributed by atoms with Crippen molar-refractivity contribution in [2.24, 2.45) is 0 Å². The number of aliphatic hydroxyl groups is 2. The van der Waals surface area contributed by atoms with E-state index in [4.69, 9.17) is 0 Å². The normalized spacial score (nSPS) is 18.5. The van der Waals surface area contributed by atoms with Crippen molar-refractivity contribution in [1.29, 1.82) is 0 Å². The standard InChI is InChI=1S/C40H40N4O6/c45-35(29-9-3-1-4-10-29)39(49)43-25-7-13-33(43)37(47)41-31-21-17-27(18-22-31)15-16-28-19-23-32(24-20-28)42-38(48)34-14-8-26-44(34)40(50)36(46)30-11-5-2-6-12-30/h1-6,9-12,15-24,33-36,45-46H,7-8,13-14,25-26H2,(H,41,47)(H,42,48)/b16-15+/t33-,34-,35-,36-/m0/s1. The summed E-state index contributed by atoms with van der Waals surface area (Å²) >= 11 is 0. The molecule has 0 unspecified atom stereocenters. The zero-order valence-corrected chi connectivity index (χ0v) is 27.5. The first-order valence-electron chi connectivity index (χ1n) is 16.9. The Balaban J connectivity index is 1.000. The molecule has 2 fully saturated rings. The van der Waals surface area contributed by atoms with Crippen molar-refractivity contribution in [3.63, 3.8) is 0 Å². The van der Waals surface area contributed by atoms with Crippen LogP contribution in [0, 0.1) is 0 Å². The van der Waals surface area contributed by atoms with Gasteiger partial charge < -0.3 is 30.6 Å². The topological polar surface area (TPSA) is 139 Å². The van der Waals surface area contributed by atoms with Crippen molar-refractivity contribution < 1.29 is 29.4 Å². The lowest BCUT2D eigenvalue weighted by Gasteiger charge is -2.26. The Labute approximate surface area is 291 Å². The van der Waals surface area contributed by atoms with Gasteiger partial charge in [-0.1, -0.05) is 97.1 Å². The fourth-order valence-electron chi connectivity index (χ4n) is 6.47. The van der Waals surface area contributed by atoms with Crippen molar-refractivity contribution >= 4 is 47.2 Å². The zero-order chi connectivity index (χ0) is 35.0. The van der Waals surface area contributed by atoms with Crippen LogP contribution in [0.1, 0.15) is 60.1 Å². The highest BCUT2D eigenvalue weighted by atomic mass is 16.3. The van der Waals surface area contributed by atoms with Gasteiger partial charge in [0.15, 0.2) is 12.2 Å². The van der Waals surface area contributed by atoms with E-state index < -0.39 is 36.1 Å². The number of amides is 4. The Morgan fingerprint density at radius 2 is 0.920 bits per heavy atom. The van der Waals surface area contributed by atoms with Gasteiger partial charge in [0.1, 0.15) is 12.1 Å². The quantitative estimate of drug-likeness (QED) is 0.171. The summed E-state index contributed by atoms with van der Waals surface area (Å²) in [6.07, 6.45) is 3.66. The summed E-state index contributed by atoms with van der Waals surface area (Å²) in [7, 11) is 0. The Hall–Kier alpha value is -5.58. The van der Waals surface area contributed by atoms with Crippen LogP contribution >= 0.6 is 0 Å². The third-order valence-corrected chi connectivity index (χ3v) is 9.20. The molecular formula is C40H40N4O6. The van der Waals surface area contributed by atoms with E-state index >= 15 is 0 Å². The first-order valence-corrected chi connectivity index (χ1v) is 16.9. The maximum Gasteiger partial charge on any atom is 0.256 e. The number of hydrogen-bond donors (Lipinski definition) is 4. The smallest absolute Gasteiger partial charge is 0.256 e. The number of benzene rings is 4. The molecule has 6 rings (SSSR count). The van der Waals surface area contributed by atoms with Crippen LogP contribution in [0.5, 0.6) is 0 Å². The van der Waals surface area contributed by atoms with Crippen LogP contribution < -0.4 is 10.6 Å². The number of anilines is 2. The monoisotopic (exact) mass is 672 g/mol. The molecule has 0 saturated carbocycles. The SMILES string of the molecule is O=C(Nc1ccc(/C=C/c2ccc(NC(=O)[C@@H]3CCCN3C(=O)[C@@H](O)c3ccccc3)cc2)cc1)[C@@H]1CCCN1C(=O)[C@@H](O)c1ccccc1. The summed E-state index contributed by atoms with van der Waals surface area (Å²) in [6.45, 7) is 0.830. The molecular weight excluding hydrogens is 632 g/mol. The van der Waals surface area contributed by atoms with E-state index in [0.29, 0.717) is 61.3 Å². The maximum absolute atomic E-state index is 13.1. The second-order valence-electron chi connectivity index (χ2n) is 12.6. The van der Waals surface area contributed by atoms with Gasteiger partial charge in [-0.15, -0.1) is 0 Å². The zero-order valence-electron chi connectivity index (χ0n) is 27.5. The number of carbonyl (C=O) groups excluding carboxylic acids is 4. The average molecular weight is 673 g/mol. The van der Waals surface area contributed by atoms with Crippen LogP contribution in [-0.2, 0) is 19.2 Å². The molecule has 4 amide bonds. The number of nitrogens with zero attached hydrogens (tertiary/aromatic N) is 2. The summed E-state index contributed by atoms with van der Waals surface area (Å²) in [5.74, 6) is -1.53. The Kier molecular flexibility index (Phi) is 10.8. The minimum absolute atomic E-state index is 0.288. The first kappa shape index (κ1) is 34.3. The molecule has 4 N–H and O–H groups in total. The molecule has 0 spiro atoms. The summed E-state index contributed by atoms with van der Waals surface area (Å²) < 4.78 is 0. The van der Waals surface area contributed by atoms with Crippen LogP contribution in [0.4, 0.5) is 11.4 Å². The molecule has 2 aliphatic heterocycles. The summed E-state index contributed by atoms with van der Waals surface area (Å²) in [5.41, 5.74) is 4.02. The lowest BCUT2D eigenvalue weighted by molar-refractivity contribution is -0.144. The summed E-state index contributed by atoms with van der Waals surface area (Å²) in [6, 6.07) is 30.8. The highest BCUT2D eigenvalue weighted by Gasteiger charge is 2.38. The second-order valence-corrected chi connectivity index (χ2v) is 12.6. The highest BCUT2D eigenvalue weighted by Crippen LogP contribution is 2.26. The molecule has 4 aromatic carbocycles. The fourth-order valence-corrected chi connectivity index (χ4v) is 6.47. The van der Waals surface area contributed by atoms with Gasteiger partial charge in [0.2, 0.25) is 11.8 Å². The molecule has 4 aromatic rings. The fraction of sp³-hybridized carbons (Fsp3) is 0.250. The lowest BCUT2D eigenvalue weighted by Crippen LogP contribution is -2.45. The molecule has 2 aliphatic rings.